The third kappa shape index (κ3) is 18.3. The summed E-state index contributed by atoms with van der Waals surface area (Å²) in [6.07, 6.45) is 0. The van der Waals surface area contributed by atoms with Crippen molar-refractivity contribution in [3.63, 3.8) is 0 Å². The number of carboxylic acid groups (broad SMARTS) is 2. The minimum atomic E-state index is -1.05. The minimum absolute atomic E-state index is 0. The van der Waals surface area contributed by atoms with Crippen LogP contribution in [0.2, 0.25) is 0 Å². The van der Waals surface area contributed by atoms with Gasteiger partial charge in [-0.15, -0.1) is 0 Å². The van der Waals surface area contributed by atoms with Crippen molar-refractivity contribution >= 4 is 147 Å². The molecule has 0 aromatic carbocycles. The molecule has 0 unspecified atom stereocenters. The Hall–Kier alpha value is 4.26. The summed E-state index contributed by atoms with van der Waals surface area (Å²) < 4.78 is -1.57. The van der Waals surface area contributed by atoms with Crippen LogP contribution < -0.4 is 10.2 Å². The third-order valence-electron chi connectivity index (χ3n) is 0.463. The number of carbonyl (C=O) groups excluding carboxylic acids is 2. The van der Waals surface area contributed by atoms with Crippen LogP contribution in [0.15, 0.2) is 0 Å². The van der Waals surface area contributed by atoms with E-state index in [9.17, 15) is 19.8 Å². The molecule has 0 radical (unpaired) electrons. The summed E-state index contributed by atoms with van der Waals surface area (Å²) >= 11 is 10.7. The van der Waals surface area contributed by atoms with Crippen molar-refractivity contribution in [2.45, 2.75) is -1.13 Å². The van der Waals surface area contributed by atoms with Crippen LogP contribution in [0.4, 0.5) is 0 Å². The normalized spacial score (nSPS) is 10.5. The van der Waals surface area contributed by atoms with Crippen molar-refractivity contribution in [2.75, 3.05) is 0 Å². The molecule has 0 rings (SSSR count). The van der Waals surface area contributed by atoms with Crippen LogP contribution in [-0.2, 0) is 37.3 Å². The molecule has 0 heterocycles. The summed E-state index contributed by atoms with van der Waals surface area (Å²) in [7, 11) is 0. The molecule has 0 amide bonds. The molecular weight excluding hydrogens is 1070 g/mol. The SMILES string of the molecule is O=C([O-])C(I)(I)I.O=C([O-])C(I)(I)I.[Hg+2]. The number of aliphatic carboxylic acids is 2. The molecule has 0 aliphatic rings. The van der Waals surface area contributed by atoms with Gasteiger partial charge >= 0.3 is 27.7 Å². The number of alkyl halides is 6. The summed E-state index contributed by atoms with van der Waals surface area (Å²) in [6, 6.07) is 0. The standard InChI is InChI=1S/2C2HI3O2.Hg/c2*3-2(4,5)1(6)7;/h2*(H,6,7);/q;;+2/p-2. The van der Waals surface area contributed by atoms with Crippen molar-refractivity contribution in [2.24, 2.45) is 0 Å². The van der Waals surface area contributed by atoms with E-state index < -0.39 is 10.8 Å². The van der Waals surface area contributed by atoms with E-state index in [0.29, 0.717) is 0 Å². The summed E-state index contributed by atoms with van der Waals surface area (Å²) in [5, 5.41) is 19.8. The maximum absolute atomic E-state index is 9.89. The van der Waals surface area contributed by atoms with Gasteiger partial charge in [0.1, 0.15) is 0 Å². The predicted octanol–water partition coefficient (Wildman–Crippen LogP) is 1.39. The summed E-state index contributed by atoms with van der Waals surface area (Å²) in [6.45, 7) is 0. The van der Waals surface area contributed by atoms with Crippen LogP contribution in [0, 0.1) is 0 Å². The predicted molar refractivity (Wildman–Crippen MR) is 99.6 cm³/mol. The van der Waals surface area contributed by atoms with Crippen molar-refractivity contribution in [3.05, 3.63) is 0 Å². The quantitative estimate of drug-likeness (QED) is 0.238. The van der Waals surface area contributed by atoms with Gasteiger partial charge in [0, 0.05) is 0 Å². The Morgan fingerprint density at radius 3 is 0.800 bits per heavy atom. The molecule has 0 saturated heterocycles. The van der Waals surface area contributed by atoms with E-state index in [4.69, 9.17) is 0 Å². The monoisotopic (exact) mass is 1080 g/mol. The van der Waals surface area contributed by atoms with Gasteiger partial charge in [-0.05, 0) is 136 Å². The first-order valence-electron chi connectivity index (χ1n) is 2.45. The third-order valence-corrected chi connectivity index (χ3v) is 3.11. The molecule has 0 spiro atoms. The van der Waals surface area contributed by atoms with E-state index in [1.54, 1.807) is 136 Å². The topological polar surface area (TPSA) is 80.3 Å². The van der Waals surface area contributed by atoms with Gasteiger partial charge < -0.3 is 19.8 Å². The molecule has 0 aliphatic carbocycles. The minimum Gasteiger partial charge on any atom is -0.547 e. The van der Waals surface area contributed by atoms with E-state index in [1.807, 2.05) is 0 Å². The number of hydrogen-bond acceptors (Lipinski definition) is 4. The Kier molecular flexibility index (Phi) is 17.8. The van der Waals surface area contributed by atoms with Crippen molar-refractivity contribution < 1.29 is 47.5 Å². The fraction of sp³-hybridized carbons (Fsp3) is 0.500. The second kappa shape index (κ2) is 11.0. The molecule has 15 heavy (non-hydrogen) atoms. The fourth-order valence-electron chi connectivity index (χ4n) is 0. The Labute approximate surface area is 189 Å². The van der Waals surface area contributed by atoms with Gasteiger partial charge in [0.05, 0.1) is 11.9 Å². The first kappa shape index (κ1) is 24.3. The molecule has 0 aromatic rings. The van der Waals surface area contributed by atoms with Crippen LogP contribution in [-0.4, -0.2) is 10.8 Å². The zero-order valence-electron chi connectivity index (χ0n) is 6.61. The molecule has 0 N–H and O–H groups in total. The number of carboxylic acids is 2. The van der Waals surface area contributed by atoms with Crippen LogP contribution in [0.25, 0.3) is 0 Å². The van der Waals surface area contributed by atoms with E-state index in [1.165, 1.54) is 0 Å². The van der Waals surface area contributed by atoms with Crippen molar-refractivity contribution in [1.82, 2.24) is 0 Å². The average Bonchev–Trinajstić information content (AvgIpc) is 1.83. The van der Waals surface area contributed by atoms with E-state index in [0.717, 1.165) is 0 Å². The molecular formula is C4HgI6O4. The summed E-state index contributed by atoms with van der Waals surface area (Å²) in [5.41, 5.74) is 0. The number of hydrogen-bond donors (Lipinski definition) is 0. The van der Waals surface area contributed by atoms with Crippen LogP contribution in [0.3, 0.4) is 0 Å². The average molecular weight is 1070 g/mol. The molecule has 0 aliphatic heterocycles. The van der Waals surface area contributed by atoms with Gasteiger partial charge in [0.25, 0.3) is 0 Å². The molecule has 4 nitrogen and oxygen atoms in total. The molecule has 0 aromatic heterocycles. The van der Waals surface area contributed by atoms with Crippen LogP contribution in [0.5, 0.6) is 0 Å². The fourth-order valence-corrected chi connectivity index (χ4v) is 0. The maximum atomic E-state index is 9.89. The second-order valence-electron chi connectivity index (χ2n) is 1.57. The van der Waals surface area contributed by atoms with Gasteiger partial charge in [0.2, 0.25) is 0 Å². The van der Waals surface area contributed by atoms with Crippen molar-refractivity contribution in [3.8, 4) is 0 Å². The summed E-state index contributed by atoms with van der Waals surface area (Å²) in [4.78, 5) is 19.8. The Bertz CT molecular complexity index is 196. The zero-order valence-corrected chi connectivity index (χ0v) is 25.1. The van der Waals surface area contributed by atoms with Gasteiger partial charge in [-0.1, -0.05) is 0 Å². The first-order chi connectivity index (χ1) is 5.89. The molecule has 11 heteroatoms. The molecule has 0 bridgehead atoms. The molecule has 0 atom stereocenters. The first-order valence-corrected chi connectivity index (χ1v) is 8.92. The van der Waals surface area contributed by atoms with Gasteiger partial charge in [-0.25, -0.2) is 0 Å². The Morgan fingerprint density at radius 1 is 0.733 bits per heavy atom. The van der Waals surface area contributed by atoms with Gasteiger partial charge in [-0.2, -0.15) is 0 Å². The smallest absolute Gasteiger partial charge is 0.547 e. The van der Waals surface area contributed by atoms with Crippen LogP contribution in [0.1, 0.15) is 0 Å². The van der Waals surface area contributed by atoms with E-state index in [-0.39, 0.29) is 27.7 Å². The molecule has 84 valence electrons. The van der Waals surface area contributed by atoms with Crippen LogP contribution >= 0.6 is 136 Å². The van der Waals surface area contributed by atoms with E-state index in [2.05, 4.69) is 0 Å². The largest absolute Gasteiger partial charge is 2.00 e. The zero-order chi connectivity index (χ0) is 12.2. The number of rotatable bonds is 2. The van der Waals surface area contributed by atoms with Gasteiger partial charge in [0.15, 0.2) is -1.13 Å². The number of carbonyl (C=O) groups is 2. The van der Waals surface area contributed by atoms with Gasteiger partial charge in [-0.3, -0.25) is 0 Å². The molecule has 0 fully saturated rings. The second-order valence-corrected chi connectivity index (χ2v) is 23.7. The maximum Gasteiger partial charge on any atom is 2.00 e. The summed E-state index contributed by atoms with van der Waals surface area (Å²) in [5.74, 6) is -2.09. The van der Waals surface area contributed by atoms with Crippen molar-refractivity contribution in [1.29, 1.82) is 0 Å². The molecule has 0 saturated carbocycles. The van der Waals surface area contributed by atoms with E-state index >= 15 is 0 Å². The number of halogens is 6. The Morgan fingerprint density at radius 2 is 0.800 bits per heavy atom. The Balaban J connectivity index is -0.000000180.